The summed E-state index contributed by atoms with van der Waals surface area (Å²) in [5.74, 6) is -2.19. The molecule has 0 aromatic carbocycles. The molecule has 11 N–H and O–H groups in total. The Hall–Kier alpha value is -1.58. The second-order valence-corrected chi connectivity index (χ2v) is 17.2. The summed E-state index contributed by atoms with van der Waals surface area (Å²) in [7, 11) is -25.4. The Labute approximate surface area is 321 Å². The number of rotatable bonds is 19. The molecule has 3 fully saturated rings. The third kappa shape index (κ3) is 14.5. The van der Waals surface area contributed by atoms with Gasteiger partial charge in [0.1, 0.15) is 60.9 Å². The highest BCUT2D eigenvalue weighted by Gasteiger charge is 2.58. The van der Waals surface area contributed by atoms with Gasteiger partial charge in [0, 0.05) is 14.2 Å². The summed E-state index contributed by atoms with van der Waals surface area (Å²) in [6, 6.07) is -4.46. The maximum Gasteiger partial charge on any atom is 0.397 e. The number of aliphatic hydroxyl groups excluding tert-OH is 3. The molecule has 3 heterocycles. The smallest absolute Gasteiger partial charge is 0.397 e. The van der Waals surface area contributed by atoms with Crippen LogP contribution in [0.2, 0.25) is 0 Å². The van der Waals surface area contributed by atoms with Gasteiger partial charge in [0.25, 0.3) is 0 Å². The van der Waals surface area contributed by atoms with E-state index in [9.17, 15) is 81.0 Å². The van der Waals surface area contributed by atoms with Gasteiger partial charge in [-0.05, 0) is 0 Å². The van der Waals surface area contributed by atoms with Gasteiger partial charge in [-0.1, -0.05) is 0 Å². The largest absolute Gasteiger partial charge is 0.479 e. The summed E-state index contributed by atoms with van der Waals surface area (Å²) in [6.07, 6.45) is -31.3. The summed E-state index contributed by atoms with van der Waals surface area (Å²) in [4.78, 5) is 12.5. The predicted molar refractivity (Wildman–Crippen MR) is 168 cm³/mol. The van der Waals surface area contributed by atoms with Crippen LogP contribution in [-0.4, -0.2) is 211 Å². The van der Waals surface area contributed by atoms with Crippen molar-refractivity contribution in [1.82, 2.24) is 9.44 Å². The SMILES string of the molecule is CO[C@H]1O[C@H](COS(=O)(=O)O)[C@@H](O[C@H]2O[C@H](C(=O)O)[C@@H](O[C@H]3O[C@H](COS(=O)(=O)O)[C@@H](OC)[C@H](O)[C@H]3NS(=O)(=O)O)[C@H](O)[C@H]2OS(=O)(=O)O)[C@H](O)[C@H]1NS(=O)(=O)O. The fourth-order valence-electron chi connectivity index (χ4n) is 5.63. The van der Waals surface area contributed by atoms with Crippen LogP contribution in [0.4, 0.5) is 0 Å². The zero-order valence-corrected chi connectivity index (χ0v) is 32.3. The van der Waals surface area contributed by atoms with Gasteiger partial charge in [0.15, 0.2) is 31.1 Å². The second-order valence-electron chi connectivity index (χ2n) is 11.6. The second kappa shape index (κ2) is 19.0. The van der Waals surface area contributed by atoms with E-state index in [0.717, 1.165) is 14.2 Å². The monoisotopic (exact) mass is 944 g/mol. The first-order valence-electron chi connectivity index (χ1n) is 14.8. The van der Waals surface area contributed by atoms with Crippen LogP contribution in [0.5, 0.6) is 0 Å². The van der Waals surface area contributed by atoms with E-state index < -0.39 is 163 Å². The standard InChI is InChI=1S/C20H36N2O30S5/c1-43-12-5(3-45-55(34,35)36)48-19(8(9(12)23)22-54(31,32)33)50-14-11(25)15(52-57(40,41)42)20(51-16(14)17(26)27)49-13-6(4-46-56(37,38)39)47-18(44-2)7(10(13)24)21-53(28,29)30/h5-16,18-25H,3-4H2,1-2H3,(H,26,27)(H,28,29,30)(H,31,32,33)(H,34,35,36)(H,37,38,39)(H,40,41,42)/t5-,6-,7-,8-,9-,10-,11+,12-,13-,14+,15-,16+,18+,19-,20+/m1/s1. The van der Waals surface area contributed by atoms with Crippen molar-refractivity contribution < 1.29 is 136 Å². The average Bonchev–Trinajstić information content (AvgIpc) is 3.03. The molecule has 0 aromatic heterocycles. The number of nitrogens with one attached hydrogen (secondary N) is 2. The molecule has 3 saturated heterocycles. The number of aliphatic carboxylic acids is 1. The number of carboxylic acid groups (broad SMARTS) is 1. The van der Waals surface area contributed by atoms with E-state index in [1.54, 1.807) is 0 Å². The Balaban J connectivity index is 2.10. The number of ether oxygens (including phenoxy) is 7. The minimum absolute atomic E-state index is 0.844. The van der Waals surface area contributed by atoms with Gasteiger partial charge in [-0.15, -0.1) is 0 Å². The van der Waals surface area contributed by atoms with Crippen LogP contribution in [0.15, 0.2) is 0 Å². The molecule has 0 bridgehead atoms. The van der Waals surface area contributed by atoms with Gasteiger partial charge in [-0.3, -0.25) is 22.8 Å². The summed E-state index contributed by atoms with van der Waals surface area (Å²) in [6.45, 7) is -2.63. The maximum atomic E-state index is 12.5. The number of carbonyl (C=O) groups is 1. The van der Waals surface area contributed by atoms with Crippen LogP contribution in [0.25, 0.3) is 0 Å². The lowest BCUT2D eigenvalue weighted by Gasteiger charge is -2.49. The van der Waals surface area contributed by atoms with Gasteiger partial charge in [-0.25, -0.2) is 17.3 Å². The summed E-state index contributed by atoms with van der Waals surface area (Å²) >= 11 is 0. The predicted octanol–water partition coefficient (Wildman–Crippen LogP) is -7.89. The first-order valence-corrected chi connectivity index (χ1v) is 21.8. The van der Waals surface area contributed by atoms with E-state index in [1.165, 1.54) is 9.44 Å². The fourth-order valence-corrected chi connectivity index (χ4v) is 7.91. The van der Waals surface area contributed by atoms with E-state index in [1.807, 2.05) is 0 Å². The number of hydrogen-bond acceptors (Lipinski definition) is 24. The average molecular weight is 945 g/mol. The van der Waals surface area contributed by atoms with Gasteiger partial charge in [-0.2, -0.15) is 51.5 Å². The van der Waals surface area contributed by atoms with Gasteiger partial charge < -0.3 is 53.6 Å². The zero-order chi connectivity index (χ0) is 43.6. The zero-order valence-electron chi connectivity index (χ0n) is 28.2. The van der Waals surface area contributed by atoms with Crippen LogP contribution >= 0.6 is 0 Å². The van der Waals surface area contributed by atoms with Gasteiger partial charge in [0.05, 0.1) is 13.2 Å². The Morgan fingerprint density at radius 2 is 1.00 bits per heavy atom. The topological polar surface area (TPSA) is 486 Å². The van der Waals surface area contributed by atoms with Crippen LogP contribution in [0.1, 0.15) is 0 Å². The summed E-state index contributed by atoms with van der Waals surface area (Å²) in [5.41, 5.74) is 0. The van der Waals surface area contributed by atoms with Crippen LogP contribution in [-0.2, 0) is 102 Å². The molecule has 0 radical (unpaired) electrons. The molecule has 0 saturated carbocycles. The molecule has 3 aliphatic rings. The molecule has 0 aromatic rings. The van der Waals surface area contributed by atoms with Crippen molar-refractivity contribution in [2.75, 3.05) is 27.4 Å². The molecular weight excluding hydrogens is 909 g/mol. The Bertz CT molecular complexity index is 1940. The van der Waals surface area contributed by atoms with Crippen LogP contribution in [0.3, 0.4) is 0 Å². The van der Waals surface area contributed by atoms with Crippen molar-refractivity contribution >= 4 is 57.8 Å². The highest BCUT2D eigenvalue weighted by atomic mass is 32.3. The number of hydrogen-bond donors (Lipinski definition) is 11. The Morgan fingerprint density at radius 3 is 1.42 bits per heavy atom. The quantitative estimate of drug-likeness (QED) is 0.0536. The molecular formula is C20H36N2O30S5. The molecule has 0 amide bonds. The van der Waals surface area contributed by atoms with E-state index in [-0.39, 0.29) is 0 Å². The Morgan fingerprint density at radius 1 is 0.561 bits per heavy atom. The fraction of sp³-hybridized carbons (Fsp3) is 0.950. The molecule has 336 valence electrons. The van der Waals surface area contributed by atoms with Crippen LogP contribution in [0, 0.1) is 0 Å². The molecule has 15 atom stereocenters. The van der Waals surface area contributed by atoms with Crippen molar-refractivity contribution in [3.8, 4) is 0 Å². The normalized spacial score (nSPS) is 37.5. The van der Waals surface area contributed by atoms with Crippen molar-refractivity contribution in [1.29, 1.82) is 0 Å². The first-order chi connectivity index (χ1) is 25.8. The lowest BCUT2D eigenvalue weighted by atomic mass is 9.95. The molecule has 0 aliphatic carbocycles. The molecule has 0 spiro atoms. The van der Waals surface area contributed by atoms with E-state index in [2.05, 4.69) is 12.5 Å². The van der Waals surface area contributed by atoms with E-state index >= 15 is 0 Å². The third-order valence-electron chi connectivity index (χ3n) is 7.76. The number of methoxy groups -OCH3 is 2. The van der Waals surface area contributed by atoms with Crippen LogP contribution < -0.4 is 9.44 Å². The van der Waals surface area contributed by atoms with Gasteiger partial charge >= 0.3 is 57.8 Å². The van der Waals surface area contributed by atoms with Gasteiger partial charge in [0.2, 0.25) is 0 Å². The minimum Gasteiger partial charge on any atom is -0.479 e. The van der Waals surface area contributed by atoms with Crippen molar-refractivity contribution in [2.24, 2.45) is 0 Å². The van der Waals surface area contributed by atoms with Crippen molar-refractivity contribution in [3.05, 3.63) is 0 Å². The molecule has 32 nitrogen and oxygen atoms in total. The third-order valence-corrected chi connectivity index (χ3v) is 10.2. The van der Waals surface area contributed by atoms with Crippen molar-refractivity contribution in [3.63, 3.8) is 0 Å². The highest BCUT2D eigenvalue weighted by Crippen LogP contribution is 2.35. The highest BCUT2D eigenvalue weighted by molar-refractivity contribution is 7.84. The van der Waals surface area contributed by atoms with E-state index in [0.29, 0.717) is 0 Å². The van der Waals surface area contributed by atoms with Crippen molar-refractivity contribution in [2.45, 2.75) is 92.0 Å². The number of aliphatic hydroxyl groups is 3. The molecule has 57 heavy (non-hydrogen) atoms. The molecule has 37 heteroatoms. The first kappa shape index (κ1) is 49.8. The lowest BCUT2D eigenvalue weighted by molar-refractivity contribution is -0.358. The molecule has 0 unspecified atom stereocenters. The number of carboxylic acids is 1. The maximum absolute atomic E-state index is 12.5. The molecule has 3 aliphatic heterocycles. The summed E-state index contributed by atoms with van der Waals surface area (Å²) < 4.78 is 214. The Kier molecular flexibility index (Phi) is 16.6. The molecule has 3 rings (SSSR count). The minimum atomic E-state index is -5.82. The summed E-state index contributed by atoms with van der Waals surface area (Å²) in [5, 5.41) is 43.4. The lowest BCUT2D eigenvalue weighted by Crippen LogP contribution is -2.70. The van der Waals surface area contributed by atoms with E-state index in [4.69, 9.17) is 42.3 Å².